The third kappa shape index (κ3) is 4.14. The number of nitrogens with one attached hydrogen (secondary N) is 1. The van der Waals surface area contributed by atoms with E-state index in [-0.39, 0.29) is 17.2 Å². The Morgan fingerprint density at radius 2 is 1.72 bits per heavy atom. The SMILES string of the molecule is CC(C)(C)OC(=O)N1CCN(c2cc3c(cc2F)n2c(=O)n(NC(=O)O)c(=O)cc2n3C2CC2)CC1. The van der Waals surface area contributed by atoms with Crippen molar-refractivity contribution in [1.29, 1.82) is 0 Å². The lowest BCUT2D eigenvalue weighted by Gasteiger charge is -2.36. The molecule has 3 heterocycles. The highest BCUT2D eigenvalue weighted by Crippen LogP contribution is 2.40. The van der Waals surface area contributed by atoms with Gasteiger partial charge in [0.2, 0.25) is 0 Å². The molecule has 36 heavy (non-hydrogen) atoms. The Hall–Kier alpha value is -4.03. The van der Waals surface area contributed by atoms with Crippen LogP contribution >= 0.6 is 0 Å². The Bertz CT molecular complexity index is 1500. The number of ether oxygens (including phenoxy) is 1. The van der Waals surface area contributed by atoms with Gasteiger partial charge in [0.1, 0.15) is 17.1 Å². The first kappa shape index (κ1) is 23.7. The molecule has 1 aliphatic carbocycles. The molecule has 1 saturated carbocycles. The van der Waals surface area contributed by atoms with Gasteiger partial charge in [-0.15, -0.1) is 0 Å². The van der Waals surface area contributed by atoms with Crippen molar-refractivity contribution in [1.82, 2.24) is 18.5 Å². The van der Waals surface area contributed by atoms with Crippen molar-refractivity contribution in [2.24, 2.45) is 0 Å². The molecule has 13 heteroatoms. The van der Waals surface area contributed by atoms with Crippen molar-refractivity contribution >= 4 is 34.6 Å². The molecule has 0 atom stereocenters. The molecule has 0 unspecified atom stereocenters. The van der Waals surface area contributed by atoms with Gasteiger partial charge in [0.05, 0.1) is 16.7 Å². The van der Waals surface area contributed by atoms with Crippen LogP contribution in [-0.2, 0) is 4.74 Å². The highest BCUT2D eigenvalue weighted by molar-refractivity contribution is 5.86. The van der Waals surface area contributed by atoms with Crippen molar-refractivity contribution in [3.63, 3.8) is 0 Å². The van der Waals surface area contributed by atoms with Gasteiger partial charge in [-0.05, 0) is 39.7 Å². The molecule has 2 amide bonds. The number of piperazine rings is 1. The first-order chi connectivity index (χ1) is 16.9. The van der Waals surface area contributed by atoms with Gasteiger partial charge < -0.3 is 24.2 Å². The van der Waals surface area contributed by atoms with Crippen LogP contribution in [0.1, 0.15) is 39.7 Å². The molecule has 12 nitrogen and oxygen atoms in total. The van der Waals surface area contributed by atoms with Gasteiger partial charge in [-0.2, -0.15) is 4.68 Å². The second kappa shape index (κ2) is 8.28. The first-order valence-corrected chi connectivity index (χ1v) is 11.7. The zero-order valence-corrected chi connectivity index (χ0v) is 20.2. The molecule has 1 saturated heterocycles. The van der Waals surface area contributed by atoms with Crippen LogP contribution in [0.4, 0.5) is 19.7 Å². The van der Waals surface area contributed by atoms with E-state index in [1.165, 1.54) is 12.1 Å². The predicted molar refractivity (Wildman–Crippen MR) is 129 cm³/mol. The number of hydrogen-bond donors (Lipinski definition) is 2. The summed E-state index contributed by atoms with van der Waals surface area (Å²) in [5.74, 6) is -0.570. The molecule has 0 radical (unpaired) electrons. The lowest BCUT2D eigenvalue weighted by molar-refractivity contribution is 0.0240. The van der Waals surface area contributed by atoms with Gasteiger partial charge in [-0.1, -0.05) is 0 Å². The van der Waals surface area contributed by atoms with E-state index in [9.17, 15) is 19.2 Å². The molecule has 2 fully saturated rings. The zero-order chi connectivity index (χ0) is 25.9. The lowest BCUT2D eigenvalue weighted by Crippen LogP contribution is -2.50. The number of benzene rings is 1. The minimum atomic E-state index is -1.57. The van der Waals surface area contributed by atoms with Gasteiger partial charge >= 0.3 is 17.9 Å². The van der Waals surface area contributed by atoms with E-state index in [0.717, 1.165) is 17.2 Å². The number of nitrogens with zero attached hydrogens (tertiary/aromatic N) is 5. The fraction of sp³-hybridized carbons (Fsp3) is 0.478. The van der Waals surface area contributed by atoms with Crippen LogP contribution in [0.5, 0.6) is 0 Å². The summed E-state index contributed by atoms with van der Waals surface area (Å²) >= 11 is 0. The summed E-state index contributed by atoms with van der Waals surface area (Å²) in [5, 5.41) is 9.02. The number of rotatable bonds is 3. The zero-order valence-electron chi connectivity index (χ0n) is 20.2. The highest BCUT2D eigenvalue weighted by Gasteiger charge is 2.31. The summed E-state index contributed by atoms with van der Waals surface area (Å²) in [6, 6.07) is 4.10. The maximum absolute atomic E-state index is 15.4. The number of carbonyl (C=O) groups excluding carboxylic acids is 1. The Balaban J connectivity index is 1.55. The maximum atomic E-state index is 15.4. The third-order valence-electron chi connectivity index (χ3n) is 6.27. The van der Waals surface area contributed by atoms with E-state index >= 15 is 4.39 Å². The monoisotopic (exact) mass is 502 g/mol. The average Bonchev–Trinajstić information content (AvgIpc) is 3.57. The number of carboxylic acid groups (broad SMARTS) is 1. The summed E-state index contributed by atoms with van der Waals surface area (Å²) in [6.45, 7) is 6.88. The predicted octanol–water partition coefficient (Wildman–Crippen LogP) is 2.17. The van der Waals surface area contributed by atoms with Crippen LogP contribution in [-0.4, -0.2) is 67.6 Å². The van der Waals surface area contributed by atoms with Crippen LogP contribution in [0.2, 0.25) is 0 Å². The summed E-state index contributed by atoms with van der Waals surface area (Å²) in [5.41, 5.74) is 0.819. The van der Waals surface area contributed by atoms with Crippen molar-refractivity contribution in [3.8, 4) is 0 Å². The smallest absolute Gasteiger partial charge is 0.424 e. The Kier molecular flexibility index (Phi) is 5.45. The van der Waals surface area contributed by atoms with Crippen LogP contribution in [0.25, 0.3) is 16.7 Å². The van der Waals surface area contributed by atoms with Crippen molar-refractivity contribution < 1.29 is 23.8 Å². The van der Waals surface area contributed by atoms with E-state index < -0.39 is 34.9 Å². The number of hydrogen-bond acceptors (Lipinski definition) is 6. The highest BCUT2D eigenvalue weighted by atomic mass is 19.1. The summed E-state index contributed by atoms with van der Waals surface area (Å²) < 4.78 is 24.2. The van der Waals surface area contributed by atoms with Crippen molar-refractivity contribution in [2.45, 2.75) is 45.3 Å². The van der Waals surface area contributed by atoms with Crippen LogP contribution in [0.3, 0.4) is 0 Å². The minimum Gasteiger partial charge on any atom is -0.464 e. The molecule has 1 aromatic carbocycles. The molecule has 3 aromatic rings. The molecule has 0 bridgehead atoms. The van der Waals surface area contributed by atoms with Gasteiger partial charge in [0, 0.05) is 44.4 Å². The number of amides is 2. The number of carbonyl (C=O) groups is 2. The second-order valence-electron chi connectivity index (χ2n) is 10.1. The van der Waals surface area contributed by atoms with Crippen molar-refractivity contribution in [2.75, 3.05) is 36.5 Å². The topological polar surface area (TPSA) is 131 Å². The summed E-state index contributed by atoms with van der Waals surface area (Å²) in [7, 11) is 0. The van der Waals surface area contributed by atoms with Gasteiger partial charge in [0.25, 0.3) is 5.56 Å². The van der Waals surface area contributed by atoms with Crippen molar-refractivity contribution in [3.05, 3.63) is 44.9 Å². The average molecular weight is 503 g/mol. The van der Waals surface area contributed by atoms with E-state index in [2.05, 4.69) is 0 Å². The molecule has 192 valence electrons. The fourth-order valence-corrected chi connectivity index (χ4v) is 4.59. The normalized spacial score (nSPS) is 16.6. The molecule has 5 rings (SSSR count). The van der Waals surface area contributed by atoms with E-state index in [1.54, 1.807) is 37.2 Å². The largest absolute Gasteiger partial charge is 0.464 e. The molecule has 2 N–H and O–H groups in total. The lowest BCUT2D eigenvalue weighted by atomic mass is 10.2. The fourth-order valence-electron chi connectivity index (χ4n) is 4.59. The molecule has 2 aromatic heterocycles. The molecule has 1 aliphatic heterocycles. The number of imidazole rings is 1. The molecule has 2 aliphatic rings. The quantitative estimate of drug-likeness (QED) is 0.561. The number of aromatic nitrogens is 3. The van der Waals surface area contributed by atoms with Gasteiger partial charge in [-0.25, -0.2) is 28.6 Å². The Morgan fingerprint density at radius 3 is 2.31 bits per heavy atom. The Labute approximate surface area is 204 Å². The minimum absolute atomic E-state index is 0.0434. The van der Waals surface area contributed by atoms with Gasteiger partial charge in [-0.3, -0.25) is 4.79 Å². The van der Waals surface area contributed by atoms with E-state index in [4.69, 9.17) is 9.84 Å². The van der Waals surface area contributed by atoms with E-state index in [0.29, 0.717) is 42.1 Å². The standard InChI is InChI=1S/C23H27FN6O6/c1-23(2,3)36-22(35)27-8-6-26(7-9-27)15-11-17-16(10-14(15)24)29-18(28(17)13-4-5-13)12-19(31)30(21(29)34)25-20(32)33/h10-13,25H,4-9H2,1-3H3,(H,32,33). The molecule has 0 spiro atoms. The van der Waals surface area contributed by atoms with E-state index in [1.807, 2.05) is 9.47 Å². The summed E-state index contributed by atoms with van der Waals surface area (Å²) in [4.78, 5) is 52.4. The van der Waals surface area contributed by atoms with Crippen LogP contribution in [0, 0.1) is 5.82 Å². The van der Waals surface area contributed by atoms with Crippen LogP contribution < -0.4 is 21.6 Å². The maximum Gasteiger partial charge on any atom is 0.424 e. The molecular formula is C23H27FN6O6. The number of fused-ring (bicyclic) bond motifs is 3. The summed E-state index contributed by atoms with van der Waals surface area (Å²) in [6.07, 6.45) is -0.307. The van der Waals surface area contributed by atoms with Crippen LogP contribution in [0.15, 0.2) is 27.8 Å². The molecular weight excluding hydrogens is 475 g/mol. The first-order valence-electron chi connectivity index (χ1n) is 11.7. The number of halogens is 1. The Morgan fingerprint density at radius 1 is 1.06 bits per heavy atom. The number of anilines is 1. The van der Waals surface area contributed by atoms with Gasteiger partial charge in [0.15, 0.2) is 0 Å². The second-order valence-corrected chi connectivity index (χ2v) is 10.1. The third-order valence-corrected chi connectivity index (χ3v) is 6.27.